The molecule has 0 radical (unpaired) electrons. The molecule has 4 saturated carbocycles. The summed E-state index contributed by atoms with van der Waals surface area (Å²) in [6, 6.07) is 61.9. The molecule has 0 amide bonds. The molecule has 0 aliphatic heterocycles. The van der Waals surface area contributed by atoms with Crippen LogP contribution in [0.5, 0.6) is 0 Å². The Bertz CT molecular complexity index is 2690. The summed E-state index contributed by atoms with van der Waals surface area (Å²) in [6.07, 6.45) is 7.04. The molecule has 1 heterocycles. The van der Waals surface area contributed by atoms with Crippen LogP contribution in [0.15, 0.2) is 164 Å². The molecule has 0 N–H and O–H groups in total. The minimum Gasteiger partial charge on any atom is -0.310 e. The number of nitrogens with zero attached hydrogens (tertiary/aromatic N) is 1. The lowest BCUT2D eigenvalue weighted by Gasteiger charge is -2.61. The Morgan fingerprint density at radius 2 is 1.02 bits per heavy atom. The molecule has 0 unspecified atom stereocenters. The second kappa shape index (κ2) is 11.8. The molecule has 54 heavy (non-hydrogen) atoms. The van der Waals surface area contributed by atoms with Crippen molar-refractivity contribution >= 4 is 48.6 Å². The number of hydrogen-bond acceptors (Lipinski definition) is 2. The van der Waals surface area contributed by atoms with Crippen molar-refractivity contribution in [1.82, 2.24) is 0 Å². The summed E-state index contributed by atoms with van der Waals surface area (Å²) in [6.45, 7) is 0. The standard InChI is InChI=1S/C52H41NS/c1-2-9-35(10-3-1)36-17-22-41(23-18-36)53(42-24-19-37(20-25-42)38-21-26-50-45(32-38)43-11-5-7-16-49(43)54-50)48-15-8-14-47-51(48)44-12-4-6-13-46(44)52(47)39-28-33-27-34(30-39)31-40(52)29-33/h1-26,32-34,39-40H,27-31H2. The average molecular weight is 712 g/mol. The Balaban J connectivity index is 1.02. The Morgan fingerprint density at radius 1 is 0.444 bits per heavy atom. The van der Waals surface area contributed by atoms with E-state index in [-0.39, 0.29) is 5.41 Å². The summed E-state index contributed by atoms with van der Waals surface area (Å²) in [5.41, 5.74) is 14.9. The fraction of sp³-hybridized carbons (Fsp3) is 0.192. The van der Waals surface area contributed by atoms with Crippen molar-refractivity contribution in [1.29, 1.82) is 0 Å². The van der Waals surface area contributed by atoms with Crippen LogP contribution in [0.4, 0.5) is 17.1 Å². The van der Waals surface area contributed by atoms with E-state index in [1.165, 1.54) is 103 Å². The summed E-state index contributed by atoms with van der Waals surface area (Å²) in [5.74, 6) is 3.33. The summed E-state index contributed by atoms with van der Waals surface area (Å²) in [5, 5.41) is 2.69. The van der Waals surface area contributed by atoms with E-state index in [0.29, 0.717) is 0 Å². The molecule has 1 nitrogen and oxygen atoms in total. The van der Waals surface area contributed by atoms with Gasteiger partial charge in [0.1, 0.15) is 0 Å². The number of thiophene rings is 1. The highest BCUT2D eigenvalue weighted by atomic mass is 32.1. The van der Waals surface area contributed by atoms with Crippen molar-refractivity contribution in [3.05, 3.63) is 175 Å². The van der Waals surface area contributed by atoms with Gasteiger partial charge >= 0.3 is 0 Å². The normalized spacial score (nSPS) is 23.3. The Morgan fingerprint density at radius 3 is 1.76 bits per heavy atom. The third-order valence-corrected chi connectivity index (χ3v) is 15.0. The largest absolute Gasteiger partial charge is 0.310 e. The fourth-order valence-electron chi connectivity index (χ4n) is 11.9. The highest BCUT2D eigenvalue weighted by Crippen LogP contribution is 2.70. The predicted octanol–water partition coefficient (Wildman–Crippen LogP) is 14.6. The monoisotopic (exact) mass is 711 g/mol. The third kappa shape index (κ3) is 4.44. The zero-order valence-corrected chi connectivity index (χ0v) is 31.1. The van der Waals surface area contributed by atoms with Gasteiger partial charge in [-0.15, -0.1) is 11.3 Å². The average Bonchev–Trinajstić information content (AvgIpc) is 3.75. The molecule has 4 bridgehead atoms. The van der Waals surface area contributed by atoms with E-state index >= 15 is 0 Å². The van der Waals surface area contributed by atoms with E-state index in [4.69, 9.17) is 0 Å². The number of fused-ring (bicyclic) bond motifs is 6. The molecule has 260 valence electrons. The van der Waals surface area contributed by atoms with Crippen LogP contribution in [0.25, 0.3) is 53.6 Å². The molecule has 5 aliphatic carbocycles. The smallest absolute Gasteiger partial charge is 0.0543 e. The molecule has 4 fully saturated rings. The zero-order valence-electron chi connectivity index (χ0n) is 30.3. The quantitative estimate of drug-likeness (QED) is 0.172. The van der Waals surface area contributed by atoms with E-state index < -0.39 is 0 Å². The van der Waals surface area contributed by atoms with Gasteiger partial charge in [-0.3, -0.25) is 0 Å². The summed E-state index contributed by atoms with van der Waals surface area (Å²) in [7, 11) is 0. The van der Waals surface area contributed by atoms with Crippen LogP contribution in [0.1, 0.15) is 43.2 Å². The van der Waals surface area contributed by atoms with Crippen molar-refractivity contribution in [3.8, 4) is 33.4 Å². The van der Waals surface area contributed by atoms with Crippen molar-refractivity contribution < 1.29 is 0 Å². The highest BCUT2D eigenvalue weighted by Gasteiger charge is 2.61. The van der Waals surface area contributed by atoms with Crippen LogP contribution in [0.3, 0.4) is 0 Å². The first-order valence-electron chi connectivity index (χ1n) is 19.9. The van der Waals surface area contributed by atoms with Crippen LogP contribution in [-0.4, -0.2) is 0 Å². The lowest BCUT2D eigenvalue weighted by molar-refractivity contribution is -0.0399. The van der Waals surface area contributed by atoms with Gasteiger partial charge in [-0.25, -0.2) is 0 Å². The van der Waals surface area contributed by atoms with Crippen molar-refractivity contribution in [2.45, 2.75) is 37.5 Å². The summed E-state index contributed by atoms with van der Waals surface area (Å²) < 4.78 is 2.69. The second-order valence-electron chi connectivity index (χ2n) is 16.5. The molecule has 8 aromatic rings. The maximum Gasteiger partial charge on any atom is 0.0543 e. The van der Waals surface area contributed by atoms with Gasteiger partial charge in [-0.05, 0) is 143 Å². The van der Waals surface area contributed by atoms with Crippen LogP contribution in [-0.2, 0) is 5.41 Å². The van der Waals surface area contributed by atoms with Gasteiger partial charge in [-0.1, -0.05) is 115 Å². The first-order valence-corrected chi connectivity index (χ1v) is 20.7. The van der Waals surface area contributed by atoms with Gasteiger partial charge in [-0.2, -0.15) is 0 Å². The lowest BCUT2D eigenvalue weighted by Crippen LogP contribution is -2.55. The van der Waals surface area contributed by atoms with E-state index in [9.17, 15) is 0 Å². The molecule has 5 aliphatic rings. The number of rotatable bonds is 5. The zero-order chi connectivity index (χ0) is 35.4. The predicted molar refractivity (Wildman–Crippen MR) is 228 cm³/mol. The molecule has 13 rings (SSSR count). The molecular formula is C52H41NS. The first-order chi connectivity index (χ1) is 26.7. The number of hydrogen-bond donors (Lipinski definition) is 0. The molecule has 1 aromatic heterocycles. The van der Waals surface area contributed by atoms with Gasteiger partial charge in [0, 0.05) is 42.5 Å². The van der Waals surface area contributed by atoms with Gasteiger partial charge in [0.25, 0.3) is 0 Å². The van der Waals surface area contributed by atoms with Gasteiger partial charge in [0.15, 0.2) is 0 Å². The van der Waals surface area contributed by atoms with Gasteiger partial charge in [0.2, 0.25) is 0 Å². The fourth-order valence-corrected chi connectivity index (χ4v) is 13.0. The summed E-state index contributed by atoms with van der Waals surface area (Å²) in [4.78, 5) is 2.54. The molecular weight excluding hydrogens is 671 g/mol. The van der Waals surface area contributed by atoms with E-state index in [2.05, 4.69) is 169 Å². The SMILES string of the molecule is c1ccc(-c2ccc(N(c3ccc(-c4ccc5sc6ccccc6c5c4)cc3)c3cccc4c3-c3ccccc3C43C4CC5CC(C4)CC3C5)cc2)cc1. The topological polar surface area (TPSA) is 3.24 Å². The molecule has 0 saturated heterocycles. The second-order valence-corrected chi connectivity index (χ2v) is 17.6. The van der Waals surface area contributed by atoms with Crippen LogP contribution in [0.2, 0.25) is 0 Å². The van der Waals surface area contributed by atoms with Crippen molar-refractivity contribution in [2.24, 2.45) is 23.7 Å². The van der Waals surface area contributed by atoms with Gasteiger partial charge in [0.05, 0.1) is 5.69 Å². The first kappa shape index (κ1) is 31.0. The van der Waals surface area contributed by atoms with E-state index in [1.807, 2.05) is 11.3 Å². The summed E-state index contributed by atoms with van der Waals surface area (Å²) >= 11 is 1.88. The maximum absolute atomic E-state index is 2.54. The van der Waals surface area contributed by atoms with Crippen LogP contribution < -0.4 is 4.90 Å². The minimum absolute atomic E-state index is 0.131. The van der Waals surface area contributed by atoms with Crippen molar-refractivity contribution in [2.75, 3.05) is 4.90 Å². The maximum atomic E-state index is 2.54. The van der Waals surface area contributed by atoms with E-state index in [1.54, 1.807) is 11.1 Å². The highest BCUT2D eigenvalue weighted by molar-refractivity contribution is 7.25. The lowest BCUT2D eigenvalue weighted by atomic mass is 9.43. The number of benzene rings is 7. The minimum atomic E-state index is 0.131. The van der Waals surface area contributed by atoms with Crippen LogP contribution >= 0.6 is 11.3 Å². The Hall–Kier alpha value is -5.44. The molecule has 2 heteroatoms. The Labute approximate surface area is 321 Å². The van der Waals surface area contributed by atoms with E-state index in [0.717, 1.165) is 23.7 Å². The van der Waals surface area contributed by atoms with Crippen LogP contribution in [0, 0.1) is 23.7 Å². The molecule has 1 spiro atoms. The molecule has 0 atom stereocenters. The Kier molecular flexibility index (Phi) is 6.75. The number of anilines is 3. The molecule has 7 aromatic carbocycles. The van der Waals surface area contributed by atoms with Crippen molar-refractivity contribution in [3.63, 3.8) is 0 Å². The van der Waals surface area contributed by atoms with Gasteiger partial charge < -0.3 is 4.90 Å². The third-order valence-electron chi connectivity index (χ3n) is 13.9.